The summed E-state index contributed by atoms with van der Waals surface area (Å²) >= 11 is 0. The van der Waals surface area contributed by atoms with Crippen molar-refractivity contribution < 1.29 is 9.32 Å². The normalized spacial score (nSPS) is 14.8. The van der Waals surface area contributed by atoms with E-state index in [1.807, 2.05) is 6.07 Å². The third kappa shape index (κ3) is 4.36. The number of nitrogens with one attached hydrogen (secondary N) is 1. The Kier molecular flexibility index (Phi) is 5.32. The maximum atomic E-state index is 12.2. The molecule has 1 aromatic carbocycles. The maximum absolute atomic E-state index is 12.2. The lowest BCUT2D eigenvalue weighted by atomic mass is 9.90. The lowest BCUT2D eigenvalue weighted by Gasteiger charge is -2.32. The van der Waals surface area contributed by atoms with Crippen LogP contribution < -0.4 is 10.2 Å². The summed E-state index contributed by atoms with van der Waals surface area (Å²) in [4.78, 5) is 14.5. The number of carbonyl (C=O) groups excluding carboxylic acids is 1. The number of hydrogen-bond donors (Lipinski definition) is 1. The monoisotopic (exact) mass is 377 g/mol. The summed E-state index contributed by atoms with van der Waals surface area (Å²) in [5.74, 6) is 2.16. The van der Waals surface area contributed by atoms with Gasteiger partial charge in [-0.1, -0.05) is 35.5 Å². The topological polar surface area (TPSA) is 84.2 Å². The van der Waals surface area contributed by atoms with E-state index in [0.717, 1.165) is 38.2 Å². The summed E-state index contributed by atoms with van der Waals surface area (Å²) < 4.78 is 4.94. The van der Waals surface area contributed by atoms with Crippen LogP contribution >= 0.6 is 0 Å². The van der Waals surface area contributed by atoms with Gasteiger partial charge in [-0.15, -0.1) is 10.2 Å². The van der Waals surface area contributed by atoms with Crippen LogP contribution in [0.2, 0.25) is 0 Å². The fourth-order valence-electron chi connectivity index (χ4n) is 3.53. The van der Waals surface area contributed by atoms with Crippen molar-refractivity contribution in [3.05, 3.63) is 65.5 Å². The quantitative estimate of drug-likeness (QED) is 0.733. The number of carbonyl (C=O) groups is 1. The summed E-state index contributed by atoms with van der Waals surface area (Å²) in [6.45, 7) is 3.67. The second-order valence-corrected chi connectivity index (χ2v) is 7.17. The van der Waals surface area contributed by atoms with Crippen molar-refractivity contribution in [2.45, 2.75) is 26.2 Å². The summed E-state index contributed by atoms with van der Waals surface area (Å²) in [7, 11) is 0. The van der Waals surface area contributed by atoms with Crippen molar-refractivity contribution in [2.75, 3.05) is 23.3 Å². The van der Waals surface area contributed by atoms with Gasteiger partial charge in [0.1, 0.15) is 5.76 Å². The molecule has 0 unspecified atom stereocenters. The van der Waals surface area contributed by atoms with Gasteiger partial charge < -0.3 is 14.7 Å². The Labute approximate surface area is 163 Å². The molecular formula is C21H23N5O2. The number of hydrogen-bond acceptors (Lipinski definition) is 6. The summed E-state index contributed by atoms with van der Waals surface area (Å²) in [5.41, 5.74) is 1.65. The van der Waals surface area contributed by atoms with Crippen LogP contribution in [0.5, 0.6) is 0 Å². The number of aryl methyl sites for hydroxylation is 1. The highest BCUT2D eigenvalue weighted by Gasteiger charge is 2.21. The minimum Gasteiger partial charge on any atom is -0.360 e. The van der Waals surface area contributed by atoms with Gasteiger partial charge in [0, 0.05) is 19.2 Å². The number of piperidine rings is 1. The van der Waals surface area contributed by atoms with E-state index in [0.29, 0.717) is 17.5 Å². The van der Waals surface area contributed by atoms with Crippen LogP contribution in [0.25, 0.3) is 0 Å². The molecule has 1 N–H and O–H groups in total. The van der Waals surface area contributed by atoms with Gasteiger partial charge in [0.25, 0.3) is 5.91 Å². The average molecular weight is 377 g/mol. The van der Waals surface area contributed by atoms with Gasteiger partial charge in [0.05, 0.1) is 0 Å². The van der Waals surface area contributed by atoms with Gasteiger partial charge in [-0.25, -0.2) is 0 Å². The Balaban J connectivity index is 1.31. The molecule has 3 heterocycles. The van der Waals surface area contributed by atoms with Crippen LogP contribution in [0, 0.1) is 12.8 Å². The third-order valence-electron chi connectivity index (χ3n) is 5.06. The number of anilines is 2. The van der Waals surface area contributed by atoms with E-state index >= 15 is 0 Å². The largest absolute Gasteiger partial charge is 0.360 e. The number of rotatable bonds is 5. The van der Waals surface area contributed by atoms with Gasteiger partial charge >= 0.3 is 0 Å². The Morgan fingerprint density at radius 3 is 2.57 bits per heavy atom. The van der Waals surface area contributed by atoms with Gasteiger partial charge in [-0.3, -0.25) is 4.79 Å². The first-order valence-corrected chi connectivity index (χ1v) is 9.54. The van der Waals surface area contributed by atoms with E-state index in [2.05, 4.69) is 55.9 Å². The van der Waals surface area contributed by atoms with Gasteiger partial charge in [0.2, 0.25) is 0 Å². The molecule has 28 heavy (non-hydrogen) atoms. The summed E-state index contributed by atoms with van der Waals surface area (Å²) in [6.07, 6.45) is 3.38. The molecule has 1 saturated heterocycles. The van der Waals surface area contributed by atoms with E-state index in [9.17, 15) is 4.79 Å². The molecule has 0 radical (unpaired) electrons. The van der Waals surface area contributed by atoms with E-state index in [1.165, 1.54) is 5.56 Å². The van der Waals surface area contributed by atoms with Crippen molar-refractivity contribution in [2.24, 2.45) is 5.92 Å². The van der Waals surface area contributed by atoms with E-state index in [-0.39, 0.29) is 11.6 Å². The fraction of sp³-hybridized carbons (Fsp3) is 0.333. The molecule has 1 aliphatic heterocycles. The Bertz CT molecular complexity index is 915. The highest BCUT2D eigenvalue weighted by molar-refractivity contribution is 6.02. The van der Waals surface area contributed by atoms with Gasteiger partial charge in [0.15, 0.2) is 17.3 Å². The van der Waals surface area contributed by atoms with Crippen LogP contribution in [0.3, 0.4) is 0 Å². The van der Waals surface area contributed by atoms with Gasteiger partial charge in [-0.2, -0.15) is 0 Å². The zero-order valence-electron chi connectivity index (χ0n) is 15.8. The highest BCUT2D eigenvalue weighted by Crippen LogP contribution is 2.24. The standard InChI is InChI=1S/C21H23N5O2/c1-15-13-19(25-28-15)22-21(27)18-7-8-20(24-23-18)26-11-9-17(10-12-26)14-16-5-3-2-4-6-16/h2-8,13,17H,9-12,14H2,1H3,(H,22,25,27). The molecule has 0 bridgehead atoms. The number of amides is 1. The first kappa shape index (κ1) is 18.2. The van der Waals surface area contributed by atoms with Crippen LogP contribution in [-0.2, 0) is 6.42 Å². The molecule has 1 fully saturated rings. The lowest BCUT2D eigenvalue weighted by Crippen LogP contribution is -2.35. The smallest absolute Gasteiger partial charge is 0.277 e. The Morgan fingerprint density at radius 2 is 1.93 bits per heavy atom. The summed E-state index contributed by atoms with van der Waals surface area (Å²) in [5, 5.41) is 14.7. The van der Waals surface area contributed by atoms with Crippen LogP contribution in [0.4, 0.5) is 11.6 Å². The van der Waals surface area contributed by atoms with E-state index in [4.69, 9.17) is 4.52 Å². The summed E-state index contributed by atoms with van der Waals surface area (Å²) in [6, 6.07) is 15.8. The van der Waals surface area contributed by atoms with Crippen LogP contribution in [0.1, 0.15) is 34.7 Å². The second kappa shape index (κ2) is 8.21. The third-order valence-corrected chi connectivity index (χ3v) is 5.06. The number of nitrogens with zero attached hydrogens (tertiary/aromatic N) is 4. The molecule has 4 rings (SSSR count). The number of benzene rings is 1. The van der Waals surface area contributed by atoms with Gasteiger partial charge in [-0.05, 0) is 49.8 Å². The average Bonchev–Trinajstić information content (AvgIpc) is 3.14. The van der Waals surface area contributed by atoms with Crippen LogP contribution in [0.15, 0.2) is 53.1 Å². The molecule has 3 aromatic rings. The van der Waals surface area contributed by atoms with Crippen molar-refractivity contribution >= 4 is 17.5 Å². The molecule has 0 saturated carbocycles. The Hall–Kier alpha value is -3.22. The molecule has 1 amide bonds. The van der Waals surface area contributed by atoms with Crippen molar-refractivity contribution in [1.29, 1.82) is 0 Å². The molecule has 1 aliphatic rings. The van der Waals surface area contributed by atoms with Crippen molar-refractivity contribution in [1.82, 2.24) is 15.4 Å². The lowest BCUT2D eigenvalue weighted by molar-refractivity contribution is 0.102. The molecule has 0 aliphatic carbocycles. The minimum absolute atomic E-state index is 0.253. The molecule has 0 atom stereocenters. The number of aromatic nitrogens is 3. The molecule has 144 valence electrons. The molecule has 7 nitrogen and oxygen atoms in total. The predicted octanol–water partition coefficient (Wildman–Crippen LogP) is 3.48. The highest BCUT2D eigenvalue weighted by atomic mass is 16.5. The first-order valence-electron chi connectivity index (χ1n) is 9.54. The molecular weight excluding hydrogens is 354 g/mol. The molecule has 2 aromatic heterocycles. The first-order chi connectivity index (χ1) is 13.7. The van der Waals surface area contributed by atoms with Crippen molar-refractivity contribution in [3.63, 3.8) is 0 Å². The SMILES string of the molecule is Cc1cc(NC(=O)c2ccc(N3CCC(Cc4ccccc4)CC3)nn2)no1. The maximum Gasteiger partial charge on any atom is 0.277 e. The zero-order chi connectivity index (χ0) is 19.3. The Morgan fingerprint density at radius 1 is 1.14 bits per heavy atom. The van der Waals surface area contributed by atoms with E-state index in [1.54, 1.807) is 19.1 Å². The fourth-order valence-corrected chi connectivity index (χ4v) is 3.53. The predicted molar refractivity (Wildman–Crippen MR) is 106 cm³/mol. The zero-order valence-corrected chi connectivity index (χ0v) is 15.8. The molecule has 0 spiro atoms. The second-order valence-electron chi connectivity index (χ2n) is 7.17. The van der Waals surface area contributed by atoms with Crippen molar-refractivity contribution in [3.8, 4) is 0 Å². The molecule has 7 heteroatoms. The van der Waals surface area contributed by atoms with Crippen LogP contribution in [-0.4, -0.2) is 34.4 Å². The minimum atomic E-state index is -0.353. The van der Waals surface area contributed by atoms with E-state index < -0.39 is 0 Å².